The second-order valence-electron chi connectivity index (χ2n) is 7.53. The molecule has 0 nitrogen and oxygen atoms in total. The van der Waals surface area contributed by atoms with Crippen LogP contribution >= 0.6 is 0 Å². The monoisotopic (exact) mass is 322 g/mol. The summed E-state index contributed by atoms with van der Waals surface area (Å²) in [4.78, 5) is 0. The van der Waals surface area contributed by atoms with Crippen LogP contribution in [0.4, 0.5) is 0 Å². The van der Waals surface area contributed by atoms with Gasteiger partial charge in [0.15, 0.2) is 0 Å². The van der Waals surface area contributed by atoms with Gasteiger partial charge in [-0.05, 0) is 50.9 Å². The van der Waals surface area contributed by atoms with E-state index in [4.69, 9.17) is 0 Å². The van der Waals surface area contributed by atoms with Gasteiger partial charge in [-0.1, -0.05) is 98.0 Å². The van der Waals surface area contributed by atoms with Gasteiger partial charge in [0, 0.05) is 0 Å². The topological polar surface area (TPSA) is 0 Å². The molecule has 0 heteroatoms. The minimum Gasteiger partial charge on any atom is -0.0654 e. The van der Waals surface area contributed by atoms with Gasteiger partial charge in [-0.15, -0.1) is 0 Å². The van der Waals surface area contributed by atoms with E-state index in [0.717, 1.165) is 17.8 Å². The van der Waals surface area contributed by atoms with Gasteiger partial charge in [0.05, 0.1) is 0 Å². The molecule has 24 heavy (non-hydrogen) atoms. The van der Waals surface area contributed by atoms with Crippen molar-refractivity contribution < 1.29 is 0 Å². The van der Waals surface area contributed by atoms with E-state index >= 15 is 0 Å². The molecule has 2 aromatic rings. The van der Waals surface area contributed by atoms with Crippen LogP contribution in [0.25, 0.3) is 0 Å². The van der Waals surface area contributed by atoms with E-state index < -0.39 is 0 Å². The van der Waals surface area contributed by atoms with Crippen molar-refractivity contribution in [2.24, 2.45) is 17.8 Å². The molecule has 4 rings (SSSR count). The van der Waals surface area contributed by atoms with Gasteiger partial charge in [-0.25, -0.2) is 0 Å². The van der Waals surface area contributed by atoms with Crippen molar-refractivity contribution in [2.75, 3.05) is 0 Å². The molecule has 2 aliphatic rings. The van der Waals surface area contributed by atoms with Gasteiger partial charge >= 0.3 is 0 Å². The summed E-state index contributed by atoms with van der Waals surface area (Å²) in [5, 5.41) is 0. The van der Waals surface area contributed by atoms with Gasteiger partial charge in [0.25, 0.3) is 0 Å². The fourth-order valence-corrected chi connectivity index (χ4v) is 4.17. The van der Waals surface area contributed by atoms with Crippen LogP contribution in [0.15, 0.2) is 60.7 Å². The number of fused-ring (bicyclic) bond motifs is 2. The lowest BCUT2D eigenvalue weighted by molar-refractivity contribution is 0.312. The average Bonchev–Trinajstić information content (AvgIpc) is 3.21. The maximum atomic E-state index is 2.33. The van der Waals surface area contributed by atoms with E-state index in [2.05, 4.69) is 45.0 Å². The second kappa shape index (κ2) is 10.3. The van der Waals surface area contributed by atoms with Crippen LogP contribution in [0.1, 0.15) is 56.6 Å². The Hall–Kier alpha value is -1.56. The molecule has 2 aromatic carbocycles. The van der Waals surface area contributed by atoms with E-state index in [1.807, 2.05) is 36.4 Å². The number of hydrogen-bond acceptors (Lipinski definition) is 0. The summed E-state index contributed by atoms with van der Waals surface area (Å²) in [5.74, 6) is 3.45. The Morgan fingerprint density at radius 3 is 1.58 bits per heavy atom. The summed E-state index contributed by atoms with van der Waals surface area (Å²) in [6.45, 7) is 6.49. The molecule has 0 aliphatic heterocycles. The van der Waals surface area contributed by atoms with Gasteiger partial charge in [-0.3, -0.25) is 0 Å². The van der Waals surface area contributed by atoms with Crippen molar-refractivity contribution in [3.05, 3.63) is 71.8 Å². The molecule has 3 atom stereocenters. The molecule has 2 bridgehead atoms. The predicted molar refractivity (Wildman–Crippen MR) is 106 cm³/mol. The van der Waals surface area contributed by atoms with Crippen LogP contribution in [0.5, 0.6) is 0 Å². The zero-order valence-electron chi connectivity index (χ0n) is 15.7. The van der Waals surface area contributed by atoms with Gasteiger partial charge in [0.1, 0.15) is 0 Å². The number of aryl methyl sites for hydroxylation is 2. The fourth-order valence-electron chi connectivity index (χ4n) is 4.17. The zero-order valence-corrected chi connectivity index (χ0v) is 15.7. The van der Waals surface area contributed by atoms with Crippen LogP contribution in [0, 0.1) is 31.6 Å². The highest BCUT2D eigenvalue weighted by Gasteiger charge is 2.38. The van der Waals surface area contributed by atoms with Crippen LogP contribution in [-0.2, 0) is 0 Å². The lowest BCUT2D eigenvalue weighted by Gasteiger charge is -2.20. The third-order valence-corrected chi connectivity index (χ3v) is 5.42. The summed E-state index contributed by atoms with van der Waals surface area (Å²) in [7, 11) is 0. The van der Waals surface area contributed by atoms with Gasteiger partial charge < -0.3 is 0 Å². The molecule has 3 unspecified atom stereocenters. The summed E-state index contributed by atoms with van der Waals surface area (Å²) in [6.07, 6.45) is 9.22. The Kier molecular flexibility index (Phi) is 8.08. The normalized spacial score (nSPS) is 23.7. The summed E-state index contributed by atoms with van der Waals surface area (Å²) >= 11 is 0. The minimum atomic E-state index is 1.14. The van der Waals surface area contributed by atoms with E-state index in [9.17, 15) is 0 Å². The fraction of sp³-hybridized carbons (Fsp3) is 0.500. The summed E-state index contributed by atoms with van der Waals surface area (Å²) < 4.78 is 0. The molecule has 2 saturated carbocycles. The maximum absolute atomic E-state index is 2.33. The van der Waals surface area contributed by atoms with E-state index in [0.29, 0.717) is 0 Å². The lowest BCUT2D eigenvalue weighted by atomic mass is 9.86. The molecule has 0 aromatic heterocycles. The van der Waals surface area contributed by atoms with Crippen molar-refractivity contribution in [3.8, 4) is 0 Å². The van der Waals surface area contributed by atoms with Crippen molar-refractivity contribution in [2.45, 2.75) is 59.3 Å². The second-order valence-corrected chi connectivity index (χ2v) is 7.53. The van der Waals surface area contributed by atoms with Crippen LogP contribution in [0.3, 0.4) is 0 Å². The van der Waals surface area contributed by atoms with Crippen molar-refractivity contribution in [3.63, 3.8) is 0 Å². The average molecular weight is 323 g/mol. The molecule has 2 fully saturated rings. The molecular formula is C24H34. The highest BCUT2D eigenvalue weighted by atomic mass is 14.4. The Labute approximate surface area is 149 Å². The molecule has 0 amide bonds. The first-order valence-electron chi connectivity index (χ1n) is 9.72. The molecule has 0 spiro atoms. The molecule has 0 radical (unpaired) electrons. The van der Waals surface area contributed by atoms with Crippen molar-refractivity contribution >= 4 is 0 Å². The number of rotatable bonds is 2. The third kappa shape index (κ3) is 6.51. The Balaban J connectivity index is 0.000000134. The lowest BCUT2D eigenvalue weighted by Crippen LogP contribution is -2.09. The highest BCUT2D eigenvalue weighted by molar-refractivity contribution is 5.12. The van der Waals surface area contributed by atoms with Crippen LogP contribution < -0.4 is 0 Å². The smallest absolute Gasteiger partial charge is 0.0383 e. The molecule has 0 N–H and O–H groups in total. The van der Waals surface area contributed by atoms with Gasteiger partial charge in [0.2, 0.25) is 0 Å². The van der Waals surface area contributed by atoms with Crippen molar-refractivity contribution in [1.82, 2.24) is 0 Å². The third-order valence-electron chi connectivity index (χ3n) is 5.42. The van der Waals surface area contributed by atoms with Crippen LogP contribution in [0.2, 0.25) is 0 Å². The first-order chi connectivity index (χ1) is 11.7. The first kappa shape index (κ1) is 18.8. The number of hydrogen-bond donors (Lipinski definition) is 0. The molecular weight excluding hydrogens is 288 g/mol. The SMILES string of the molecule is CCCC1CC2CCC1C2.Cc1ccccc1.Cc1ccccc1. The molecule has 0 saturated heterocycles. The maximum Gasteiger partial charge on any atom is -0.0383 e. The van der Waals surface area contributed by atoms with Crippen molar-refractivity contribution in [1.29, 1.82) is 0 Å². The molecule has 2 aliphatic carbocycles. The quantitative estimate of drug-likeness (QED) is 0.548. The summed E-state index contributed by atoms with van der Waals surface area (Å²) in [6, 6.07) is 20.5. The zero-order chi connectivity index (χ0) is 17.2. The van der Waals surface area contributed by atoms with Crippen LogP contribution in [-0.4, -0.2) is 0 Å². The molecule has 130 valence electrons. The minimum absolute atomic E-state index is 1.14. The number of benzene rings is 2. The van der Waals surface area contributed by atoms with Gasteiger partial charge in [-0.2, -0.15) is 0 Å². The van der Waals surface area contributed by atoms with E-state index in [-0.39, 0.29) is 0 Å². The highest BCUT2D eigenvalue weighted by Crippen LogP contribution is 2.49. The largest absolute Gasteiger partial charge is 0.0654 e. The Bertz CT molecular complexity index is 505. The summed E-state index contributed by atoms with van der Waals surface area (Å²) in [5.41, 5.74) is 2.64. The molecule has 0 heterocycles. The standard InChI is InChI=1S/C10H18.2C7H8/c1-2-3-9-6-8-4-5-10(9)7-8;2*1-7-5-3-2-4-6-7/h8-10H,2-7H2,1H3;2*2-6H,1H3. The first-order valence-corrected chi connectivity index (χ1v) is 9.72. The Morgan fingerprint density at radius 2 is 1.29 bits per heavy atom. The predicted octanol–water partition coefficient (Wildman–Crippen LogP) is 7.21. The Morgan fingerprint density at radius 1 is 0.750 bits per heavy atom. The van der Waals surface area contributed by atoms with E-state index in [1.54, 1.807) is 25.7 Å². The van der Waals surface area contributed by atoms with E-state index in [1.165, 1.54) is 24.0 Å².